The molecule has 12 heavy (non-hydrogen) atoms. The summed E-state index contributed by atoms with van der Waals surface area (Å²) in [6.07, 6.45) is 1.72. The zero-order valence-corrected chi connectivity index (χ0v) is 7.00. The molecular formula is C9H9NO2. The molecule has 3 nitrogen and oxygen atoms in total. The van der Waals surface area contributed by atoms with Gasteiger partial charge in [0.15, 0.2) is 5.58 Å². The minimum atomic E-state index is 0.00537. The first-order valence-electron chi connectivity index (χ1n) is 3.77. The molecule has 2 aromatic heterocycles. The normalized spacial score (nSPS) is 10.8. The van der Waals surface area contributed by atoms with Gasteiger partial charge in [0.25, 0.3) is 0 Å². The first-order chi connectivity index (χ1) is 5.68. The maximum Gasteiger partial charge on any atom is 0.228 e. The van der Waals surface area contributed by atoms with Crippen LogP contribution in [0.25, 0.3) is 11.1 Å². The van der Waals surface area contributed by atoms with E-state index in [0.29, 0.717) is 0 Å². The van der Waals surface area contributed by atoms with Crippen molar-refractivity contribution in [3.8, 4) is 0 Å². The summed E-state index contributed by atoms with van der Waals surface area (Å²) in [5, 5.41) is 0. The van der Waals surface area contributed by atoms with E-state index in [1.165, 1.54) is 6.92 Å². The highest BCUT2D eigenvalue weighted by molar-refractivity contribution is 5.89. The summed E-state index contributed by atoms with van der Waals surface area (Å²) in [4.78, 5) is 11.1. The van der Waals surface area contributed by atoms with Crippen molar-refractivity contribution in [2.75, 3.05) is 0 Å². The summed E-state index contributed by atoms with van der Waals surface area (Å²) < 4.78 is 6.90. The third kappa shape index (κ3) is 0.863. The van der Waals surface area contributed by atoms with Gasteiger partial charge in [-0.2, -0.15) is 0 Å². The van der Waals surface area contributed by atoms with Gasteiger partial charge in [0.1, 0.15) is 5.76 Å². The Bertz CT molecular complexity index is 436. The summed E-state index contributed by atoms with van der Waals surface area (Å²) in [7, 11) is 0. The van der Waals surface area contributed by atoms with Crippen LogP contribution in [-0.4, -0.2) is 10.5 Å². The Morgan fingerprint density at radius 3 is 3.00 bits per heavy atom. The van der Waals surface area contributed by atoms with E-state index in [0.717, 1.165) is 16.9 Å². The number of hydrogen-bond acceptors (Lipinski definition) is 2. The summed E-state index contributed by atoms with van der Waals surface area (Å²) in [6, 6.07) is 3.65. The Morgan fingerprint density at radius 2 is 2.33 bits per heavy atom. The summed E-state index contributed by atoms with van der Waals surface area (Å²) in [5.41, 5.74) is 1.61. The zero-order valence-electron chi connectivity index (χ0n) is 7.00. The fourth-order valence-electron chi connectivity index (χ4n) is 1.32. The summed E-state index contributed by atoms with van der Waals surface area (Å²) >= 11 is 0. The Balaban J connectivity index is 2.76. The number of carbonyl (C=O) groups is 1. The van der Waals surface area contributed by atoms with Crippen LogP contribution in [0.1, 0.15) is 17.5 Å². The molecule has 0 saturated carbocycles. The standard InChI is InChI=1S/C9H9NO2/c1-6-5-8-9(12-6)3-4-10(8)7(2)11/h3-5H,1-2H3. The molecule has 0 amide bonds. The van der Waals surface area contributed by atoms with Crippen molar-refractivity contribution in [1.82, 2.24) is 4.57 Å². The Labute approximate surface area is 69.6 Å². The number of aryl methyl sites for hydroxylation is 1. The first kappa shape index (κ1) is 7.16. The third-order valence-corrected chi connectivity index (χ3v) is 1.84. The maximum atomic E-state index is 11.1. The average molecular weight is 163 g/mol. The van der Waals surface area contributed by atoms with E-state index in [1.807, 2.05) is 13.0 Å². The minimum Gasteiger partial charge on any atom is -0.460 e. The lowest BCUT2D eigenvalue weighted by Crippen LogP contribution is -2.01. The Morgan fingerprint density at radius 1 is 1.58 bits per heavy atom. The van der Waals surface area contributed by atoms with E-state index in [1.54, 1.807) is 16.8 Å². The van der Waals surface area contributed by atoms with Crippen LogP contribution in [0.3, 0.4) is 0 Å². The van der Waals surface area contributed by atoms with E-state index in [2.05, 4.69) is 0 Å². The first-order valence-corrected chi connectivity index (χ1v) is 3.77. The number of hydrogen-bond donors (Lipinski definition) is 0. The molecule has 0 aliphatic rings. The number of aromatic nitrogens is 1. The van der Waals surface area contributed by atoms with Gasteiger partial charge in [0.2, 0.25) is 5.91 Å². The quantitative estimate of drug-likeness (QED) is 0.596. The third-order valence-electron chi connectivity index (χ3n) is 1.84. The smallest absolute Gasteiger partial charge is 0.228 e. The van der Waals surface area contributed by atoms with Gasteiger partial charge in [0.05, 0.1) is 5.52 Å². The van der Waals surface area contributed by atoms with Crippen LogP contribution in [0.2, 0.25) is 0 Å². The maximum absolute atomic E-state index is 11.1. The SMILES string of the molecule is CC(=O)n1ccc2oc(C)cc21. The number of rotatable bonds is 0. The topological polar surface area (TPSA) is 35.1 Å². The van der Waals surface area contributed by atoms with Crippen molar-refractivity contribution < 1.29 is 9.21 Å². The van der Waals surface area contributed by atoms with E-state index < -0.39 is 0 Å². The van der Waals surface area contributed by atoms with E-state index in [4.69, 9.17) is 4.42 Å². The summed E-state index contributed by atoms with van der Waals surface area (Å²) in [5.74, 6) is 0.835. The van der Waals surface area contributed by atoms with Crippen LogP contribution in [0.5, 0.6) is 0 Å². The largest absolute Gasteiger partial charge is 0.460 e. The van der Waals surface area contributed by atoms with Crippen LogP contribution < -0.4 is 0 Å². The second-order valence-electron chi connectivity index (χ2n) is 2.81. The highest BCUT2D eigenvalue weighted by Crippen LogP contribution is 2.19. The molecule has 0 radical (unpaired) electrons. The average Bonchev–Trinajstić information content (AvgIpc) is 2.43. The molecule has 0 saturated heterocycles. The van der Waals surface area contributed by atoms with E-state index in [-0.39, 0.29) is 5.91 Å². The molecule has 3 heteroatoms. The molecule has 0 spiro atoms. The van der Waals surface area contributed by atoms with Crippen LogP contribution in [0.4, 0.5) is 0 Å². The van der Waals surface area contributed by atoms with Crippen molar-refractivity contribution in [2.24, 2.45) is 0 Å². The molecule has 62 valence electrons. The predicted octanol–water partition coefficient (Wildman–Crippen LogP) is 2.20. The second-order valence-corrected chi connectivity index (χ2v) is 2.81. The number of fused-ring (bicyclic) bond motifs is 1. The molecule has 2 rings (SSSR count). The molecule has 0 aliphatic carbocycles. The molecule has 0 atom stereocenters. The van der Waals surface area contributed by atoms with Crippen molar-refractivity contribution in [3.63, 3.8) is 0 Å². The molecule has 2 heterocycles. The monoisotopic (exact) mass is 163 g/mol. The molecule has 0 fully saturated rings. The van der Waals surface area contributed by atoms with Crippen LogP contribution >= 0.6 is 0 Å². The van der Waals surface area contributed by atoms with Gasteiger partial charge in [-0.05, 0) is 13.0 Å². The lowest BCUT2D eigenvalue weighted by atomic mass is 10.4. The Kier molecular flexibility index (Phi) is 1.33. The van der Waals surface area contributed by atoms with Crippen molar-refractivity contribution in [2.45, 2.75) is 13.8 Å². The van der Waals surface area contributed by atoms with Crippen molar-refractivity contribution in [1.29, 1.82) is 0 Å². The van der Waals surface area contributed by atoms with E-state index >= 15 is 0 Å². The number of carbonyl (C=O) groups excluding carboxylic acids is 1. The predicted molar refractivity (Wildman–Crippen MR) is 45.2 cm³/mol. The minimum absolute atomic E-state index is 0.00537. The fourth-order valence-corrected chi connectivity index (χ4v) is 1.32. The highest BCUT2D eigenvalue weighted by atomic mass is 16.3. The lowest BCUT2D eigenvalue weighted by molar-refractivity contribution is 0.0941. The highest BCUT2D eigenvalue weighted by Gasteiger charge is 2.07. The lowest BCUT2D eigenvalue weighted by Gasteiger charge is -1.92. The molecule has 0 N–H and O–H groups in total. The molecular weight excluding hydrogens is 154 g/mol. The van der Waals surface area contributed by atoms with Crippen molar-refractivity contribution >= 4 is 17.0 Å². The van der Waals surface area contributed by atoms with Gasteiger partial charge in [0, 0.05) is 19.2 Å². The fraction of sp³-hybridized carbons (Fsp3) is 0.222. The Hall–Kier alpha value is -1.51. The summed E-state index contributed by atoms with van der Waals surface area (Å²) in [6.45, 7) is 3.40. The van der Waals surface area contributed by atoms with Crippen LogP contribution in [0, 0.1) is 6.92 Å². The van der Waals surface area contributed by atoms with Gasteiger partial charge in [-0.1, -0.05) is 0 Å². The van der Waals surface area contributed by atoms with Crippen LogP contribution in [-0.2, 0) is 0 Å². The molecule has 0 aromatic carbocycles. The van der Waals surface area contributed by atoms with Gasteiger partial charge >= 0.3 is 0 Å². The van der Waals surface area contributed by atoms with E-state index in [9.17, 15) is 4.79 Å². The molecule has 0 bridgehead atoms. The van der Waals surface area contributed by atoms with Gasteiger partial charge in [-0.3, -0.25) is 9.36 Å². The van der Waals surface area contributed by atoms with Gasteiger partial charge in [-0.15, -0.1) is 0 Å². The number of nitrogens with zero attached hydrogens (tertiary/aromatic N) is 1. The number of furan rings is 1. The molecule has 0 aliphatic heterocycles. The van der Waals surface area contributed by atoms with Crippen LogP contribution in [0.15, 0.2) is 22.7 Å². The zero-order chi connectivity index (χ0) is 8.72. The van der Waals surface area contributed by atoms with Gasteiger partial charge < -0.3 is 4.42 Å². The van der Waals surface area contributed by atoms with Crippen molar-refractivity contribution in [3.05, 3.63) is 24.1 Å². The second kappa shape index (κ2) is 2.24. The van der Waals surface area contributed by atoms with Gasteiger partial charge in [-0.25, -0.2) is 0 Å². The molecule has 2 aromatic rings. The molecule has 0 unspecified atom stereocenters.